The van der Waals surface area contributed by atoms with Crippen LogP contribution in [0.3, 0.4) is 0 Å². The Morgan fingerprint density at radius 3 is 1.89 bits per heavy atom. The number of allylic oxidation sites excluding steroid dienone is 2. The van der Waals surface area contributed by atoms with Gasteiger partial charge in [0.2, 0.25) is 0 Å². The monoisotopic (exact) mass is 268 g/mol. The predicted molar refractivity (Wildman–Crippen MR) is 69.5 cm³/mol. The molecule has 2 rings (SSSR count). The summed E-state index contributed by atoms with van der Waals surface area (Å²) in [5, 5.41) is -0.0625. The van der Waals surface area contributed by atoms with E-state index in [1.807, 2.05) is 13.2 Å². The summed E-state index contributed by atoms with van der Waals surface area (Å²) < 4.78 is 0. The number of carbonyl (C=O) groups is 4. The molecule has 0 heterocycles. The first kappa shape index (κ1) is 14.8. The number of hydrogen-bond donors (Lipinski definition) is 0. The summed E-state index contributed by atoms with van der Waals surface area (Å²) >= 11 is 1.48. The summed E-state index contributed by atoms with van der Waals surface area (Å²) in [5.41, 5.74) is 0.593. The molecule has 0 aromatic rings. The number of Topliss-reactive ketones (excluding diaryl/α,β-unsaturated/α-hetero) is 3. The van der Waals surface area contributed by atoms with Crippen LogP contribution in [0, 0.1) is 5.92 Å². The summed E-state index contributed by atoms with van der Waals surface area (Å²) in [5.74, 6) is 0.0550. The van der Waals surface area contributed by atoms with E-state index in [1.54, 1.807) is 6.92 Å². The quantitative estimate of drug-likeness (QED) is 0.672. The van der Waals surface area contributed by atoms with E-state index in [9.17, 15) is 19.2 Å². The Hall–Kier alpha value is -1.23. The highest BCUT2D eigenvalue weighted by Crippen LogP contribution is 2.27. The largest absolute Gasteiger partial charge is 0.299 e. The van der Waals surface area contributed by atoms with Crippen LogP contribution in [-0.2, 0) is 19.2 Å². The Labute approximate surface area is 110 Å². The molecule has 0 amide bonds. The Bertz CT molecular complexity index is 436. The first-order valence-electron chi connectivity index (χ1n) is 5.69. The van der Waals surface area contributed by atoms with Crippen LogP contribution in [0.4, 0.5) is 0 Å². The third-order valence-electron chi connectivity index (χ3n) is 3.03. The average molecular weight is 268 g/mol. The molecule has 5 heteroatoms. The average Bonchev–Trinajstić information content (AvgIpc) is 2.69. The third-order valence-corrected chi connectivity index (χ3v) is 4.21. The van der Waals surface area contributed by atoms with Crippen LogP contribution in [0.2, 0.25) is 0 Å². The van der Waals surface area contributed by atoms with Crippen molar-refractivity contribution in [3.8, 4) is 0 Å². The van der Waals surface area contributed by atoms with Gasteiger partial charge in [0.15, 0.2) is 17.3 Å². The van der Waals surface area contributed by atoms with E-state index in [1.165, 1.54) is 17.8 Å². The standard InChI is InChI=1S/C7H10O2S.C6H6O2/c1-4-5(8)3-6(9)7(4)10-2;1-4-2-5(7)3-6(4)8/h4,7H,3H2,1-2H3;2H,3H2,1H3. The Morgan fingerprint density at radius 2 is 1.72 bits per heavy atom. The van der Waals surface area contributed by atoms with Gasteiger partial charge in [-0.3, -0.25) is 19.2 Å². The van der Waals surface area contributed by atoms with Crippen LogP contribution in [0.25, 0.3) is 0 Å². The van der Waals surface area contributed by atoms with Crippen LogP contribution >= 0.6 is 11.8 Å². The van der Waals surface area contributed by atoms with Crippen molar-refractivity contribution in [2.75, 3.05) is 6.26 Å². The van der Waals surface area contributed by atoms with Gasteiger partial charge in [0.05, 0.1) is 18.1 Å². The number of ketones is 4. The third kappa shape index (κ3) is 3.38. The molecule has 2 aliphatic rings. The highest BCUT2D eigenvalue weighted by molar-refractivity contribution is 8.00. The van der Waals surface area contributed by atoms with Gasteiger partial charge in [0, 0.05) is 5.92 Å². The fourth-order valence-corrected chi connectivity index (χ4v) is 2.79. The van der Waals surface area contributed by atoms with Crippen molar-refractivity contribution in [1.29, 1.82) is 0 Å². The maximum Gasteiger partial charge on any atom is 0.166 e. The molecule has 0 aromatic carbocycles. The molecule has 0 N–H and O–H groups in total. The van der Waals surface area contributed by atoms with E-state index in [-0.39, 0.29) is 47.1 Å². The van der Waals surface area contributed by atoms with E-state index in [2.05, 4.69) is 0 Å². The van der Waals surface area contributed by atoms with Crippen molar-refractivity contribution in [3.05, 3.63) is 11.6 Å². The molecule has 0 aliphatic heterocycles. The van der Waals surface area contributed by atoms with Crippen molar-refractivity contribution in [3.63, 3.8) is 0 Å². The molecule has 1 saturated carbocycles. The fraction of sp³-hybridized carbons (Fsp3) is 0.538. The van der Waals surface area contributed by atoms with Crippen molar-refractivity contribution in [1.82, 2.24) is 0 Å². The van der Waals surface area contributed by atoms with Crippen molar-refractivity contribution in [2.45, 2.75) is 31.9 Å². The van der Waals surface area contributed by atoms with Gasteiger partial charge in [-0.1, -0.05) is 6.92 Å². The minimum atomic E-state index is -0.0625. The van der Waals surface area contributed by atoms with Gasteiger partial charge in [0.25, 0.3) is 0 Å². The molecule has 0 bridgehead atoms. The minimum absolute atomic E-state index is 0.0324. The van der Waals surface area contributed by atoms with E-state index < -0.39 is 0 Å². The van der Waals surface area contributed by atoms with Gasteiger partial charge in [-0.15, -0.1) is 0 Å². The van der Waals surface area contributed by atoms with Crippen LogP contribution in [0.1, 0.15) is 26.7 Å². The first-order chi connectivity index (χ1) is 8.36. The highest BCUT2D eigenvalue weighted by Gasteiger charge is 2.37. The minimum Gasteiger partial charge on any atom is -0.299 e. The molecular formula is C13H16O4S. The molecule has 2 unspecified atom stereocenters. The molecule has 0 spiro atoms. The van der Waals surface area contributed by atoms with Crippen molar-refractivity contribution < 1.29 is 19.2 Å². The van der Waals surface area contributed by atoms with Crippen LogP contribution < -0.4 is 0 Å². The maximum absolute atomic E-state index is 11.0. The second-order valence-electron chi connectivity index (χ2n) is 4.45. The Balaban J connectivity index is 0.000000184. The SMILES string of the molecule is CC1=CC(=O)CC1=O.CSC1C(=O)CC(=O)C1C. The summed E-state index contributed by atoms with van der Waals surface area (Å²) in [4.78, 5) is 42.8. The van der Waals surface area contributed by atoms with E-state index >= 15 is 0 Å². The van der Waals surface area contributed by atoms with Gasteiger partial charge in [-0.2, -0.15) is 11.8 Å². The van der Waals surface area contributed by atoms with Gasteiger partial charge in [0.1, 0.15) is 5.78 Å². The highest BCUT2D eigenvalue weighted by atomic mass is 32.2. The van der Waals surface area contributed by atoms with Gasteiger partial charge in [-0.25, -0.2) is 0 Å². The van der Waals surface area contributed by atoms with Crippen molar-refractivity contribution >= 4 is 34.9 Å². The van der Waals surface area contributed by atoms with Crippen LogP contribution in [0.5, 0.6) is 0 Å². The molecule has 18 heavy (non-hydrogen) atoms. The zero-order valence-electron chi connectivity index (χ0n) is 10.7. The number of hydrogen-bond acceptors (Lipinski definition) is 5. The lowest BCUT2D eigenvalue weighted by atomic mass is 10.1. The molecule has 98 valence electrons. The van der Waals surface area contributed by atoms with Gasteiger partial charge < -0.3 is 0 Å². The lowest BCUT2D eigenvalue weighted by molar-refractivity contribution is -0.123. The Kier molecular flexibility index (Phi) is 5.02. The van der Waals surface area contributed by atoms with E-state index in [0.29, 0.717) is 5.57 Å². The molecule has 2 atom stereocenters. The molecule has 0 saturated heterocycles. The van der Waals surface area contributed by atoms with E-state index in [0.717, 1.165) is 0 Å². The normalized spacial score (nSPS) is 27.2. The summed E-state index contributed by atoms with van der Waals surface area (Å²) in [6.07, 6.45) is 3.51. The predicted octanol–water partition coefficient (Wildman–Crippen LogP) is 1.37. The zero-order chi connectivity index (χ0) is 13.9. The lowest BCUT2D eigenvalue weighted by Crippen LogP contribution is -2.16. The lowest BCUT2D eigenvalue weighted by Gasteiger charge is -2.07. The maximum atomic E-state index is 11.0. The molecule has 0 aromatic heterocycles. The van der Waals surface area contributed by atoms with Crippen molar-refractivity contribution in [2.24, 2.45) is 5.92 Å². The second-order valence-corrected chi connectivity index (χ2v) is 5.43. The van der Waals surface area contributed by atoms with Crippen LogP contribution in [-0.4, -0.2) is 34.6 Å². The number of thioether (sulfide) groups is 1. The van der Waals surface area contributed by atoms with Gasteiger partial charge >= 0.3 is 0 Å². The smallest absolute Gasteiger partial charge is 0.166 e. The summed E-state index contributed by atoms with van der Waals surface area (Å²) in [6.45, 7) is 3.49. The Morgan fingerprint density at radius 1 is 1.11 bits per heavy atom. The molecule has 1 fully saturated rings. The molecule has 2 aliphatic carbocycles. The number of carbonyl (C=O) groups excluding carboxylic acids is 4. The van der Waals surface area contributed by atoms with Gasteiger partial charge in [-0.05, 0) is 24.8 Å². The summed E-state index contributed by atoms with van der Waals surface area (Å²) in [6, 6.07) is 0. The fourth-order valence-electron chi connectivity index (χ4n) is 1.89. The molecule has 4 nitrogen and oxygen atoms in total. The summed E-state index contributed by atoms with van der Waals surface area (Å²) in [7, 11) is 0. The van der Waals surface area contributed by atoms with Crippen LogP contribution in [0.15, 0.2) is 11.6 Å². The molecule has 0 radical (unpaired) electrons. The molecular weight excluding hydrogens is 252 g/mol. The number of rotatable bonds is 1. The second kappa shape index (κ2) is 6.09. The first-order valence-corrected chi connectivity index (χ1v) is 6.98. The topological polar surface area (TPSA) is 68.3 Å². The zero-order valence-corrected chi connectivity index (χ0v) is 11.5. The van der Waals surface area contributed by atoms with E-state index in [4.69, 9.17) is 0 Å².